The molecule has 0 aliphatic rings. The Morgan fingerprint density at radius 1 is 1.31 bits per heavy atom. The van der Waals surface area contributed by atoms with E-state index in [0.29, 0.717) is 23.7 Å². The monoisotopic (exact) mass is 355 g/mol. The first kappa shape index (κ1) is 18.7. The number of rotatable bonds is 8. The van der Waals surface area contributed by atoms with Crippen LogP contribution < -0.4 is 14.9 Å². The zero-order chi connectivity index (χ0) is 18.9. The maximum Gasteiger partial charge on any atom is 0.271 e. The minimum atomic E-state index is -0.567. The summed E-state index contributed by atoms with van der Waals surface area (Å²) in [5.41, 5.74) is 2.97. The minimum Gasteiger partial charge on any atom is -0.493 e. The zero-order valence-electron chi connectivity index (χ0n) is 14.0. The van der Waals surface area contributed by atoms with Crippen molar-refractivity contribution >= 4 is 17.8 Å². The number of carbonyl (C=O) groups excluding carboxylic acids is 1. The predicted octanol–water partition coefficient (Wildman–Crippen LogP) is 2.93. The summed E-state index contributed by atoms with van der Waals surface area (Å²) in [6.07, 6.45) is 3.05. The maximum absolute atomic E-state index is 12.0. The fraction of sp³-hybridized carbons (Fsp3) is 0.111. The predicted molar refractivity (Wildman–Crippen MR) is 96.8 cm³/mol. The van der Waals surface area contributed by atoms with E-state index in [1.54, 1.807) is 24.3 Å². The number of nitro benzene ring substituents is 1. The second kappa shape index (κ2) is 8.97. The number of hydrogen-bond donors (Lipinski definition) is 1. The molecule has 8 nitrogen and oxygen atoms in total. The van der Waals surface area contributed by atoms with Gasteiger partial charge in [0.1, 0.15) is 6.61 Å². The lowest BCUT2D eigenvalue weighted by Gasteiger charge is -2.09. The van der Waals surface area contributed by atoms with Crippen molar-refractivity contribution in [3.05, 3.63) is 76.4 Å². The Morgan fingerprint density at radius 3 is 2.81 bits per heavy atom. The van der Waals surface area contributed by atoms with Crippen LogP contribution in [0.5, 0.6) is 11.5 Å². The van der Waals surface area contributed by atoms with E-state index in [2.05, 4.69) is 17.1 Å². The normalized spacial score (nSPS) is 10.3. The Hall–Kier alpha value is -3.68. The molecule has 0 atom stereocenters. The average molecular weight is 355 g/mol. The van der Waals surface area contributed by atoms with Crippen molar-refractivity contribution in [2.75, 3.05) is 13.7 Å². The molecule has 2 rings (SSSR count). The van der Waals surface area contributed by atoms with E-state index in [4.69, 9.17) is 9.47 Å². The highest BCUT2D eigenvalue weighted by molar-refractivity contribution is 5.95. The first-order chi connectivity index (χ1) is 12.5. The summed E-state index contributed by atoms with van der Waals surface area (Å²) < 4.78 is 10.7. The molecule has 0 bridgehead atoms. The summed E-state index contributed by atoms with van der Waals surface area (Å²) in [7, 11) is 1.51. The summed E-state index contributed by atoms with van der Waals surface area (Å²) in [6.45, 7) is 3.93. The fourth-order valence-electron chi connectivity index (χ4n) is 2.02. The van der Waals surface area contributed by atoms with Crippen LogP contribution in [0.1, 0.15) is 15.9 Å². The van der Waals surface area contributed by atoms with E-state index < -0.39 is 10.8 Å². The first-order valence-corrected chi connectivity index (χ1v) is 7.54. The Kier molecular flexibility index (Phi) is 6.44. The molecule has 0 unspecified atom stereocenters. The molecule has 0 aromatic heterocycles. The molecule has 1 N–H and O–H groups in total. The third-order valence-corrected chi connectivity index (χ3v) is 3.24. The van der Waals surface area contributed by atoms with Crippen molar-refractivity contribution < 1.29 is 19.2 Å². The number of methoxy groups -OCH3 is 1. The van der Waals surface area contributed by atoms with Crippen LogP contribution in [0.4, 0.5) is 5.69 Å². The van der Waals surface area contributed by atoms with Gasteiger partial charge in [0.15, 0.2) is 11.5 Å². The van der Waals surface area contributed by atoms with Crippen LogP contribution in [-0.4, -0.2) is 30.8 Å². The number of non-ortho nitro benzene ring substituents is 1. The highest BCUT2D eigenvalue weighted by atomic mass is 16.6. The summed E-state index contributed by atoms with van der Waals surface area (Å²) in [6, 6.07) is 10.5. The Bertz CT molecular complexity index is 848. The van der Waals surface area contributed by atoms with Gasteiger partial charge in [-0.3, -0.25) is 14.9 Å². The third kappa shape index (κ3) is 4.91. The molecule has 0 saturated heterocycles. The molecule has 0 radical (unpaired) electrons. The molecule has 8 heteroatoms. The van der Waals surface area contributed by atoms with E-state index in [-0.39, 0.29) is 11.3 Å². The zero-order valence-corrected chi connectivity index (χ0v) is 14.0. The second-order valence-corrected chi connectivity index (χ2v) is 5.02. The highest BCUT2D eigenvalue weighted by Crippen LogP contribution is 2.27. The summed E-state index contributed by atoms with van der Waals surface area (Å²) in [5, 5.41) is 14.6. The standard InChI is InChI=1S/C18H17N3O5/c1-3-9-26-16-8-7-13(10-17(16)25-2)12-19-20-18(22)14-5-4-6-15(11-14)21(23)24/h3-8,10-12H,1,9H2,2H3,(H,20,22)/b19-12-. The van der Waals surface area contributed by atoms with E-state index in [1.807, 2.05) is 0 Å². The van der Waals surface area contributed by atoms with Crippen LogP contribution in [0.25, 0.3) is 0 Å². The second-order valence-electron chi connectivity index (χ2n) is 5.02. The van der Waals surface area contributed by atoms with E-state index in [1.165, 1.54) is 37.6 Å². The number of nitrogens with zero attached hydrogens (tertiary/aromatic N) is 2. The topological polar surface area (TPSA) is 103 Å². The Morgan fingerprint density at radius 2 is 2.12 bits per heavy atom. The molecule has 0 aliphatic heterocycles. The summed E-state index contributed by atoms with van der Waals surface area (Å²) in [5.74, 6) is 0.522. The quantitative estimate of drug-likeness (QED) is 0.339. The third-order valence-electron chi connectivity index (χ3n) is 3.24. The van der Waals surface area contributed by atoms with Gasteiger partial charge in [0.25, 0.3) is 11.6 Å². The lowest BCUT2D eigenvalue weighted by atomic mass is 10.2. The number of hydrogen-bond acceptors (Lipinski definition) is 6. The van der Waals surface area contributed by atoms with Gasteiger partial charge in [-0.2, -0.15) is 5.10 Å². The average Bonchev–Trinajstić information content (AvgIpc) is 2.66. The van der Waals surface area contributed by atoms with Gasteiger partial charge in [-0.1, -0.05) is 18.7 Å². The van der Waals surface area contributed by atoms with Gasteiger partial charge in [0.2, 0.25) is 0 Å². The van der Waals surface area contributed by atoms with Gasteiger partial charge < -0.3 is 9.47 Å². The number of amides is 1. The molecule has 0 aliphatic carbocycles. The smallest absolute Gasteiger partial charge is 0.271 e. The molecular formula is C18H17N3O5. The van der Waals surface area contributed by atoms with Crippen molar-refractivity contribution in [1.82, 2.24) is 5.43 Å². The summed E-state index contributed by atoms with van der Waals surface area (Å²) in [4.78, 5) is 22.2. The number of nitrogens with one attached hydrogen (secondary N) is 1. The van der Waals surface area contributed by atoms with Crippen LogP contribution in [0.15, 0.2) is 60.2 Å². The molecule has 0 spiro atoms. The van der Waals surface area contributed by atoms with Gasteiger partial charge in [-0.15, -0.1) is 0 Å². The van der Waals surface area contributed by atoms with Gasteiger partial charge in [-0.05, 0) is 29.8 Å². The van der Waals surface area contributed by atoms with Crippen LogP contribution in [0, 0.1) is 10.1 Å². The molecule has 0 fully saturated rings. The van der Waals surface area contributed by atoms with Crippen molar-refractivity contribution in [2.24, 2.45) is 5.10 Å². The minimum absolute atomic E-state index is 0.141. The molecule has 2 aromatic rings. The number of carbonyl (C=O) groups is 1. The maximum atomic E-state index is 12.0. The highest BCUT2D eigenvalue weighted by Gasteiger charge is 2.10. The van der Waals surface area contributed by atoms with Crippen molar-refractivity contribution in [2.45, 2.75) is 0 Å². The van der Waals surface area contributed by atoms with Crippen LogP contribution in [0.2, 0.25) is 0 Å². The van der Waals surface area contributed by atoms with Gasteiger partial charge in [-0.25, -0.2) is 5.43 Å². The Labute approximate surface area is 149 Å². The largest absolute Gasteiger partial charge is 0.493 e. The molecular weight excluding hydrogens is 338 g/mol. The molecule has 2 aromatic carbocycles. The number of benzene rings is 2. The van der Waals surface area contributed by atoms with E-state index in [9.17, 15) is 14.9 Å². The number of hydrazone groups is 1. The van der Waals surface area contributed by atoms with Crippen LogP contribution in [-0.2, 0) is 0 Å². The molecule has 1 amide bonds. The van der Waals surface area contributed by atoms with Crippen LogP contribution in [0.3, 0.4) is 0 Å². The van der Waals surface area contributed by atoms with Crippen molar-refractivity contribution in [1.29, 1.82) is 0 Å². The fourth-order valence-corrected chi connectivity index (χ4v) is 2.02. The number of ether oxygens (including phenoxy) is 2. The SMILES string of the molecule is C=CCOc1ccc(/C=N\NC(=O)c2cccc([N+](=O)[O-])c2)cc1OC. The van der Waals surface area contributed by atoms with E-state index >= 15 is 0 Å². The number of nitro groups is 1. The molecule has 0 saturated carbocycles. The molecule has 26 heavy (non-hydrogen) atoms. The van der Waals surface area contributed by atoms with Gasteiger partial charge in [0, 0.05) is 17.7 Å². The molecule has 134 valence electrons. The lowest BCUT2D eigenvalue weighted by Crippen LogP contribution is -2.17. The summed E-state index contributed by atoms with van der Waals surface area (Å²) >= 11 is 0. The van der Waals surface area contributed by atoms with Crippen LogP contribution >= 0.6 is 0 Å². The van der Waals surface area contributed by atoms with Gasteiger partial charge in [0.05, 0.1) is 18.2 Å². The van der Waals surface area contributed by atoms with E-state index in [0.717, 1.165) is 0 Å². The lowest BCUT2D eigenvalue weighted by molar-refractivity contribution is -0.384. The molecule has 0 heterocycles. The Balaban J connectivity index is 2.05. The van der Waals surface area contributed by atoms with Gasteiger partial charge >= 0.3 is 0 Å². The van der Waals surface area contributed by atoms with Crippen molar-refractivity contribution in [3.63, 3.8) is 0 Å². The first-order valence-electron chi connectivity index (χ1n) is 7.54. The van der Waals surface area contributed by atoms with Crippen molar-refractivity contribution in [3.8, 4) is 11.5 Å².